The highest BCUT2D eigenvalue weighted by Gasteiger charge is 2.08. The SMILES string of the molecule is CCCCC(=O)OC(O)CCC. The van der Waals surface area contributed by atoms with Gasteiger partial charge in [-0.3, -0.25) is 4.79 Å². The molecular formula is C9H18O3. The number of esters is 1. The van der Waals surface area contributed by atoms with Gasteiger partial charge in [0.15, 0.2) is 0 Å². The lowest BCUT2D eigenvalue weighted by molar-refractivity contribution is -0.168. The van der Waals surface area contributed by atoms with Crippen LogP contribution < -0.4 is 0 Å². The Morgan fingerprint density at radius 1 is 1.42 bits per heavy atom. The molecule has 0 aromatic carbocycles. The van der Waals surface area contributed by atoms with E-state index < -0.39 is 6.29 Å². The number of carbonyl (C=O) groups is 1. The number of rotatable bonds is 6. The van der Waals surface area contributed by atoms with E-state index in [0.29, 0.717) is 12.8 Å². The molecule has 0 saturated carbocycles. The van der Waals surface area contributed by atoms with Gasteiger partial charge in [0.2, 0.25) is 6.29 Å². The van der Waals surface area contributed by atoms with Gasteiger partial charge in [0.05, 0.1) is 0 Å². The van der Waals surface area contributed by atoms with Crippen LogP contribution in [0.25, 0.3) is 0 Å². The highest BCUT2D eigenvalue weighted by Crippen LogP contribution is 2.02. The molecular weight excluding hydrogens is 156 g/mol. The maximum atomic E-state index is 10.9. The zero-order valence-corrected chi connectivity index (χ0v) is 7.88. The summed E-state index contributed by atoms with van der Waals surface area (Å²) in [6, 6.07) is 0. The monoisotopic (exact) mass is 174 g/mol. The Hall–Kier alpha value is -0.570. The molecule has 0 aromatic rings. The Kier molecular flexibility index (Phi) is 6.76. The number of carbonyl (C=O) groups excluding carboxylic acids is 1. The molecule has 1 unspecified atom stereocenters. The number of hydrogen-bond acceptors (Lipinski definition) is 3. The molecule has 3 heteroatoms. The highest BCUT2D eigenvalue weighted by molar-refractivity contribution is 5.69. The van der Waals surface area contributed by atoms with Crippen LogP contribution in [0.15, 0.2) is 0 Å². The molecule has 72 valence electrons. The van der Waals surface area contributed by atoms with Crippen molar-refractivity contribution in [2.75, 3.05) is 0 Å². The minimum Gasteiger partial charge on any atom is -0.436 e. The van der Waals surface area contributed by atoms with E-state index in [0.717, 1.165) is 19.3 Å². The number of aliphatic hydroxyl groups is 1. The van der Waals surface area contributed by atoms with E-state index >= 15 is 0 Å². The third-order valence-corrected chi connectivity index (χ3v) is 1.54. The second kappa shape index (κ2) is 7.10. The van der Waals surface area contributed by atoms with E-state index in [1.807, 2.05) is 13.8 Å². The van der Waals surface area contributed by atoms with Crippen LogP contribution in [-0.2, 0) is 9.53 Å². The van der Waals surface area contributed by atoms with Gasteiger partial charge in [-0.2, -0.15) is 0 Å². The number of aliphatic hydroxyl groups excluding tert-OH is 1. The Labute approximate surface area is 73.7 Å². The van der Waals surface area contributed by atoms with Gasteiger partial charge in [-0.15, -0.1) is 0 Å². The number of ether oxygens (including phenoxy) is 1. The maximum absolute atomic E-state index is 10.9. The van der Waals surface area contributed by atoms with Crippen molar-refractivity contribution < 1.29 is 14.6 Å². The fourth-order valence-corrected chi connectivity index (χ4v) is 0.838. The molecule has 0 heterocycles. The molecule has 0 saturated heterocycles. The predicted molar refractivity (Wildman–Crippen MR) is 46.5 cm³/mol. The van der Waals surface area contributed by atoms with Crippen molar-refractivity contribution in [1.82, 2.24) is 0 Å². The molecule has 0 rings (SSSR count). The summed E-state index contributed by atoms with van der Waals surface area (Å²) >= 11 is 0. The normalized spacial score (nSPS) is 12.6. The Morgan fingerprint density at radius 2 is 2.08 bits per heavy atom. The van der Waals surface area contributed by atoms with Crippen molar-refractivity contribution in [3.05, 3.63) is 0 Å². The van der Waals surface area contributed by atoms with Gasteiger partial charge in [-0.1, -0.05) is 26.7 Å². The van der Waals surface area contributed by atoms with Crippen LogP contribution >= 0.6 is 0 Å². The van der Waals surface area contributed by atoms with Gasteiger partial charge in [-0.25, -0.2) is 0 Å². The van der Waals surface area contributed by atoms with Crippen LogP contribution in [0.4, 0.5) is 0 Å². The smallest absolute Gasteiger partial charge is 0.308 e. The first-order valence-corrected chi connectivity index (χ1v) is 4.58. The quantitative estimate of drug-likeness (QED) is 0.493. The van der Waals surface area contributed by atoms with E-state index in [9.17, 15) is 4.79 Å². The van der Waals surface area contributed by atoms with Crippen LogP contribution in [0.2, 0.25) is 0 Å². The van der Waals surface area contributed by atoms with Crippen molar-refractivity contribution in [3.63, 3.8) is 0 Å². The van der Waals surface area contributed by atoms with Crippen LogP contribution in [0.1, 0.15) is 46.0 Å². The standard InChI is InChI=1S/C9H18O3/c1-3-5-7-9(11)12-8(10)6-4-2/h8,10H,3-7H2,1-2H3. The highest BCUT2D eigenvalue weighted by atomic mass is 16.6. The Bertz CT molecular complexity index is 123. The lowest BCUT2D eigenvalue weighted by Gasteiger charge is -2.10. The van der Waals surface area contributed by atoms with Gasteiger partial charge < -0.3 is 9.84 Å². The molecule has 0 amide bonds. The molecule has 0 fully saturated rings. The Balaban J connectivity index is 3.40. The molecule has 0 bridgehead atoms. The summed E-state index contributed by atoms with van der Waals surface area (Å²) < 4.78 is 4.71. The van der Waals surface area contributed by atoms with Gasteiger partial charge in [-0.05, 0) is 6.42 Å². The molecule has 0 aliphatic carbocycles. The maximum Gasteiger partial charge on any atom is 0.308 e. The molecule has 1 N–H and O–H groups in total. The molecule has 0 aliphatic heterocycles. The van der Waals surface area contributed by atoms with E-state index in [2.05, 4.69) is 0 Å². The van der Waals surface area contributed by atoms with Crippen LogP contribution in [-0.4, -0.2) is 17.4 Å². The molecule has 0 aliphatic rings. The predicted octanol–water partition coefficient (Wildman–Crippen LogP) is 1.84. The topological polar surface area (TPSA) is 46.5 Å². The van der Waals surface area contributed by atoms with Gasteiger partial charge in [0.1, 0.15) is 0 Å². The largest absolute Gasteiger partial charge is 0.436 e. The fraction of sp³-hybridized carbons (Fsp3) is 0.889. The van der Waals surface area contributed by atoms with E-state index in [1.165, 1.54) is 0 Å². The lowest BCUT2D eigenvalue weighted by Crippen LogP contribution is -2.16. The van der Waals surface area contributed by atoms with Crippen molar-refractivity contribution >= 4 is 5.97 Å². The first-order chi connectivity index (χ1) is 5.70. The summed E-state index contributed by atoms with van der Waals surface area (Å²) in [4.78, 5) is 10.9. The van der Waals surface area contributed by atoms with Gasteiger partial charge in [0, 0.05) is 12.8 Å². The fourth-order valence-electron chi connectivity index (χ4n) is 0.838. The first kappa shape index (κ1) is 11.4. The lowest BCUT2D eigenvalue weighted by atomic mass is 10.2. The van der Waals surface area contributed by atoms with Gasteiger partial charge >= 0.3 is 5.97 Å². The summed E-state index contributed by atoms with van der Waals surface area (Å²) in [5.41, 5.74) is 0. The summed E-state index contributed by atoms with van der Waals surface area (Å²) in [6.07, 6.45) is 2.66. The second-order valence-corrected chi connectivity index (χ2v) is 2.84. The van der Waals surface area contributed by atoms with Crippen LogP contribution in [0.3, 0.4) is 0 Å². The van der Waals surface area contributed by atoms with E-state index in [4.69, 9.17) is 9.84 Å². The van der Waals surface area contributed by atoms with Crippen molar-refractivity contribution in [2.24, 2.45) is 0 Å². The van der Waals surface area contributed by atoms with Gasteiger partial charge in [0.25, 0.3) is 0 Å². The zero-order chi connectivity index (χ0) is 9.40. The minimum atomic E-state index is -0.903. The van der Waals surface area contributed by atoms with Crippen molar-refractivity contribution in [2.45, 2.75) is 52.2 Å². The molecule has 0 radical (unpaired) electrons. The van der Waals surface area contributed by atoms with E-state index in [-0.39, 0.29) is 5.97 Å². The number of hydrogen-bond donors (Lipinski definition) is 1. The average molecular weight is 174 g/mol. The average Bonchev–Trinajstić information content (AvgIpc) is 2.01. The van der Waals surface area contributed by atoms with Crippen molar-refractivity contribution in [3.8, 4) is 0 Å². The molecule has 1 atom stereocenters. The molecule has 3 nitrogen and oxygen atoms in total. The second-order valence-electron chi connectivity index (χ2n) is 2.84. The van der Waals surface area contributed by atoms with Crippen LogP contribution in [0.5, 0.6) is 0 Å². The third-order valence-electron chi connectivity index (χ3n) is 1.54. The third kappa shape index (κ3) is 6.16. The molecule has 12 heavy (non-hydrogen) atoms. The minimum absolute atomic E-state index is 0.294. The summed E-state index contributed by atoms with van der Waals surface area (Å²) in [6.45, 7) is 3.94. The molecule has 0 spiro atoms. The summed E-state index contributed by atoms with van der Waals surface area (Å²) in [5.74, 6) is -0.294. The molecule has 0 aromatic heterocycles. The zero-order valence-electron chi connectivity index (χ0n) is 7.88. The Morgan fingerprint density at radius 3 is 2.58 bits per heavy atom. The van der Waals surface area contributed by atoms with Crippen LogP contribution in [0, 0.1) is 0 Å². The summed E-state index contributed by atoms with van der Waals surface area (Å²) in [7, 11) is 0. The summed E-state index contributed by atoms with van der Waals surface area (Å²) in [5, 5.41) is 9.08. The van der Waals surface area contributed by atoms with Crippen molar-refractivity contribution in [1.29, 1.82) is 0 Å². The number of unbranched alkanes of at least 4 members (excludes halogenated alkanes) is 1. The van der Waals surface area contributed by atoms with E-state index in [1.54, 1.807) is 0 Å². The first-order valence-electron chi connectivity index (χ1n) is 4.58.